The number of hydrogen-bond donors (Lipinski definition) is 0. The van der Waals surface area contributed by atoms with Crippen molar-refractivity contribution >= 4 is 5.78 Å². The molecule has 16 heavy (non-hydrogen) atoms. The van der Waals surface area contributed by atoms with Gasteiger partial charge in [0.25, 0.3) is 0 Å². The first-order chi connectivity index (χ1) is 7.25. The van der Waals surface area contributed by atoms with Crippen molar-refractivity contribution in [2.45, 2.75) is 34.1 Å². The van der Waals surface area contributed by atoms with E-state index in [1.165, 1.54) is 0 Å². The molecule has 0 spiro atoms. The number of ether oxygens (including phenoxy) is 1. The van der Waals surface area contributed by atoms with Gasteiger partial charge >= 0.3 is 0 Å². The molecule has 0 aromatic heterocycles. The monoisotopic (exact) mass is 229 g/mol. The van der Waals surface area contributed by atoms with Gasteiger partial charge in [-0.1, -0.05) is 27.7 Å². The summed E-state index contributed by atoms with van der Waals surface area (Å²) in [6.45, 7) is 10.5. The molecule has 3 nitrogen and oxygen atoms in total. The SMILES string of the molecule is CC(C(=O)CCOCCN(C)C)C(C)(C)C. The summed E-state index contributed by atoms with van der Waals surface area (Å²) in [6, 6.07) is 0. The Morgan fingerprint density at radius 2 is 1.81 bits per heavy atom. The van der Waals surface area contributed by atoms with Gasteiger partial charge in [0.15, 0.2) is 0 Å². The minimum absolute atomic E-state index is 0.0563. The second-order valence-electron chi connectivity index (χ2n) is 5.72. The lowest BCUT2D eigenvalue weighted by Crippen LogP contribution is -2.27. The van der Waals surface area contributed by atoms with E-state index in [0.717, 1.165) is 6.54 Å². The van der Waals surface area contributed by atoms with Gasteiger partial charge < -0.3 is 9.64 Å². The molecule has 0 heterocycles. The van der Waals surface area contributed by atoms with Crippen molar-refractivity contribution in [1.29, 1.82) is 0 Å². The van der Waals surface area contributed by atoms with Crippen LogP contribution in [0.4, 0.5) is 0 Å². The number of rotatable bonds is 7. The molecule has 1 unspecified atom stereocenters. The number of likely N-dealkylation sites (N-methyl/N-ethyl adjacent to an activating group) is 1. The van der Waals surface area contributed by atoms with Crippen molar-refractivity contribution < 1.29 is 9.53 Å². The molecule has 0 rings (SSSR count). The third-order valence-electron chi connectivity index (χ3n) is 2.96. The molecule has 0 aliphatic rings. The summed E-state index contributed by atoms with van der Waals surface area (Å²) in [5.74, 6) is 0.405. The van der Waals surface area contributed by atoms with Crippen LogP contribution >= 0.6 is 0 Å². The summed E-state index contributed by atoms with van der Waals surface area (Å²) >= 11 is 0. The summed E-state index contributed by atoms with van der Waals surface area (Å²) in [5.41, 5.74) is 0.0563. The molecule has 0 aliphatic carbocycles. The van der Waals surface area contributed by atoms with Crippen molar-refractivity contribution in [3.8, 4) is 0 Å². The van der Waals surface area contributed by atoms with Gasteiger partial charge in [-0.15, -0.1) is 0 Å². The number of carbonyl (C=O) groups excluding carboxylic acids is 1. The normalized spacial score (nSPS) is 14.2. The molecule has 0 saturated carbocycles. The van der Waals surface area contributed by atoms with Gasteiger partial charge in [-0.25, -0.2) is 0 Å². The summed E-state index contributed by atoms with van der Waals surface area (Å²) in [4.78, 5) is 13.9. The quantitative estimate of drug-likeness (QED) is 0.627. The smallest absolute Gasteiger partial charge is 0.138 e. The van der Waals surface area contributed by atoms with Crippen molar-refractivity contribution in [3.63, 3.8) is 0 Å². The van der Waals surface area contributed by atoms with Crippen LogP contribution in [0.2, 0.25) is 0 Å². The maximum Gasteiger partial charge on any atom is 0.138 e. The van der Waals surface area contributed by atoms with Gasteiger partial charge in [-0.2, -0.15) is 0 Å². The summed E-state index contributed by atoms with van der Waals surface area (Å²) in [5, 5.41) is 0. The molecule has 0 aliphatic heterocycles. The third-order valence-corrected chi connectivity index (χ3v) is 2.96. The molecule has 1 atom stereocenters. The minimum atomic E-state index is 0.0563. The second-order valence-corrected chi connectivity index (χ2v) is 5.72. The van der Waals surface area contributed by atoms with Crippen LogP contribution in [0.1, 0.15) is 34.1 Å². The highest BCUT2D eigenvalue weighted by atomic mass is 16.5. The average Bonchev–Trinajstić information content (AvgIpc) is 2.13. The number of ketones is 1. The van der Waals surface area contributed by atoms with E-state index in [1.54, 1.807) is 0 Å². The molecule has 0 saturated heterocycles. The van der Waals surface area contributed by atoms with Crippen LogP contribution in [-0.4, -0.2) is 44.5 Å². The predicted molar refractivity (Wildman–Crippen MR) is 67.6 cm³/mol. The van der Waals surface area contributed by atoms with Crippen LogP contribution in [-0.2, 0) is 9.53 Å². The molecule has 0 radical (unpaired) electrons. The predicted octanol–water partition coefficient (Wildman–Crippen LogP) is 2.21. The van der Waals surface area contributed by atoms with E-state index in [9.17, 15) is 4.79 Å². The van der Waals surface area contributed by atoms with Crippen LogP contribution in [0.25, 0.3) is 0 Å². The Morgan fingerprint density at radius 1 is 1.25 bits per heavy atom. The maximum atomic E-state index is 11.8. The van der Waals surface area contributed by atoms with Crippen LogP contribution in [0.3, 0.4) is 0 Å². The van der Waals surface area contributed by atoms with Crippen LogP contribution in [0.15, 0.2) is 0 Å². The van der Waals surface area contributed by atoms with Crippen LogP contribution < -0.4 is 0 Å². The Hall–Kier alpha value is -0.410. The molecule has 0 aromatic rings. The Labute approximate surface area is 100 Å². The number of nitrogens with zero attached hydrogens (tertiary/aromatic N) is 1. The van der Waals surface area contributed by atoms with E-state index in [0.29, 0.717) is 25.4 Å². The van der Waals surface area contributed by atoms with E-state index in [2.05, 4.69) is 25.7 Å². The van der Waals surface area contributed by atoms with Gasteiger partial charge in [-0.05, 0) is 19.5 Å². The van der Waals surface area contributed by atoms with Crippen LogP contribution in [0, 0.1) is 11.3 Å². The molecular weight excluding hydrogens is 202 g/mol. The fourth-order valence-electron chi connectivity index (χ4n) is 1.22. The van der Waals surface area contributed by atoms with E-state index in [-0.39, 0.29) is 11.3 Å². The van der Waals surface area contributed by atoms with Crippen molar-refractivity contribution in [3.05, 3.63) is 0 Å². The van der Waals surface area contributed by atoms with Crippen molar-refractivity contribution in [2.75, 3.05) is 33.9 Å². The molecule has 0 bridgehead atoms. The number of carbonyl (C=O) groups is 1. The highest BCUT2D eigenvalue weighted by molar-refractivity contribution is 5.81. The number of Topliss-reactive ketones (excluding diaryl/α,β-unsaturated/α-hetero) is 1. The molecule has 3 heteroatoms. The Balaban J connectivity index is 3.66. The Bertz CT molecular complexity index is 206. The lowest BCUT2D eigenvalue weighted by atomic mass is 9.79. The first-order valence-corrected chi connectivity index (χ1v) is 6.00. The largest absolute Gasteiger partial charge is 0.380 e. The standard InChI is InChI=1S/C13H27NO2/c1-11(13(2,3)4)12(15)7-9-16-10-8-14(5)6/h11H,7-10H2,1-6H3. The van der Waals surface area contributed by atoms with Gasteiger partial charge in [0.05, 0.1) is 13.2 Å². The first kappa shape index (κ1) is 15.6. The van der Waals surface area contributed by atoms with E-state index >= 15 is 0 Å². The summed E-state index contributed by atoms with van der Waals surface area (Å²) in [7, 11) is 4.02. The lowest BCUT2D eigenvalue weighted by molar-refractivity contribution is -0.126. The molecule has 0 amide bonds. The second kappa shape index (κ2) is 7.02. The van der Waals surface area contributed by atoms with E-state index in [4.69, 9.17) is 4.74 Å². The zero-order valence-corrected chi connectivity index (χ0v) is 11.7. The molecule has 0 N–H and O–H groups in total. The van der Waals surface area contributed by atoms with Gasteiger partial charge in [0.2, 0.25) is 0 Å². The van der Waals surface area contributed by atoms with E-state index < -0.39 is 0 Å². The molecule has 0 fully saturated rings. The van der Waals surface area contributed by atoms with Gasteiger partial charge in [0.1, 0.15) is 5.78 Å². The number of hydrogen-bond acceptors (Lipinski definition) is 3. The highest BCUT2D eigenvalue weighted by Gasteiger charge is 2.25. The highest BCUT2D eigenvalue weighted by Crippen LogP contribution is 2.26. The Morgan fingerprint density at radius 3 is 2.25 bits per heavy atom. The van der Waals surface area contributed by atoms with Gasteiger partial charge in [-0.3, -0.25) is 4.79 Å². The fraction of sp³-hybridized carbons (Fsp3) is 0.923. The minimum Gasteiger partial charge on any atom is -0.380 e. The molecular formula is C13H27NO2. The molecule has 0 aromatic carbocycles. The van der Waals surface area contributed by atoms with Gasteiger partial charge in [0, 0.05) is 18.9 Å². The summed E-state index contributed by atoms with van der Waals surface area (Å²) < 4.78 is 5.42. The fourth-order valence-corrected chi connectivity index (χ4v) is 1.22. The van der Waals surface area contributed by atoms with E-state index in [1.807, 2.05) is 21.0 Å². The first-order valence-electron chi connectivity index (χ1n) is 6.00. The maximum absolute atomic E-state index is 11.8. The topological polar surface area (TPSA) is 29.5 Å². The Kier molecular flexibility index (Phi) is 6.84. The van der Waals surface area contributed by atoms with Crippen molar-refractivity contribution in [2.24, 2.45) is 11.3 Å². The molecule has 96 valence electrons. The third kappa shape index (κ3) is 6.96. The zero-order chi connectivity index (χ0) is 12.8. The zero-order valence-electron chi connectivity index (χ0n) is 11.7. The lowest BCUT2D eigenvalue weighted by Gasteiger charge is -2.25. The van der Waals surface area contributed by atoms with Crippen molar-refractivity contribution in [1.82, 2.24) is 4.90 Å². The summed E-state index contributed by atoms with van der Waals surface area (Å²) in [6.07, 6.45) is 0.534. The van der Waals surface area contributed by atoms with Crippen LogP contribution in [0.5, 0.6) is 0 Å². The average molecular weight is 229 g/mol.